The summed E-state index contributed by atoms with van der Waals surface area (Å²) in [6.45, 7) is 13.6. The molecule has 5 nitrogen and oxygen atoms in total. The molecule has 1 atom stereocenters. The van der Waals surface area contributed by atoms with Gasteiger partial charge < -0.3 is 9.84 Å². The summed E-state index contributed by atoms with van der Waals surface area (Å²) >= 11 is 0. The second-order valence-corrected chi connectivity index (χ2v) is 7.93. The molecule has 1 aromatic rings. The largest absolute Gasteiger partial charge is 0.491 e. The molecule has 1 aromatic carbocycles. The van der Waals surface area contributed by atoms with Crippen LogP contribution in [0.3, 0.4) is 0 Å². The maximum Gasteiger partial charge on any atom is 0.122 e. The molecule has 1 heterocycles. The van der Waals surface area contributed by atoms with Gasteiger partial charge in [0.25, 0.3) is 0 Å². The van der Waals surface area contributed by atoms with E-state index in [0.717, 1.165) is 37.5 Å². The van der Waals surface area contributed by atoms with Crippen LogP contribution < -0.4 is 4.74 Å². The average Bonchev–Trinajstić information content (AvgIpc) is 2.55. The van der Waals surface area contributed by atoms with E-state index in [4.69, 9.17) is 10.00 Å². The van der Waals surface area contributed by atoms with Gasteiger partial charge >= 0.3 is 0 Å². The van der Waals surface area contributed by atoms with Crippen molar-refractivity contribution in [2.24, 2.45) is 0 Å². The fourth-order valence-corrected chi connectivity index (χ4v) is 3.04. The van der Waals surface area contributed by atoms with Crippen molar-refractivity contribution in [2.75, 3.05) is 45.9 Å². The van der Waals surface area contributed by atoms with E-state index < -0.39 is 6.10 Å². The molecule has 2 rings (SSSR count). The van der Waals surface area contributed by atoms with Gasteiger partial charge in [-0.15, -0.1) is 0 Å². The Hall–Kier alpha value is -1.61. The van der Waals surface area contributed by atoms with Crippen molar-refractivity contribution >= 4 is 0 Å². The summed E-state index contributed by atoms with van der Waals surface area (Å²) in [4.78, 5) is 4.37. The monoisotopic (exact) mass is 345 g/mol. The minimum atomic E-state index is -0.510. The molecule has 1 aliphatic rings. The van der Waals surface area contributed by atoms with Crippen LogP contribution in [0.1, 0.15) is 31.9 Å². The first-order chi connectivity index (χ1) is 11.8. The molecule has 1 unspecified atom stereocenters. The Morgan fingerprint density at radius 2 is 1.84 bits per heavy atom. The van der Waals surface area contributed by atoms with Crippen LogP contribution >= 0.6 is 0 Å². The molecular weight excluding hydrogens is 314 g/mol. The van der Waals surface area contributed by atoms with Crippen LogP contribution in [0.5, 0.6) is 5.75 Å². The van der Waals surface area contributed by atoms with Crippen molar-refractivity contribution in [2.45, 2.75) is 39.2 Å². The van der Waals surface area contributed by atoms with E-state index in [9.17, 15) is 5.11 Å². The molecule has 0 aliphatic carbocycles. The van der Waals surface area contributed by atoms with Crippen LogP contribution in [0.25, 0.3) is 0 Å². The van der Waals surface area contributed by atoms with E-state index in [1.165, 1.54) is 5.56 Å². The lowest BCUT2D eigenvalue weighted by atomic mass is 9.86. The van der Waals surface area contributed by atoms with Crippen LogP contribution in [0, 0.1) is 18.3 Å². The Balaban J connectivity index is 1.79. The molecule has 0 saturated carbocycles. The molecule has 1 fully saturated rings. The molecule has 0 spiro atoms. The Morgan fingerprint density at radius 1 is 1.20 bits per heavy atom. The first-order valence-electron chi connectivity index (χ1n) is 9.03. The van der Waals surface area contributed by atoms with E-state index in [0.29, 0.717) is 19.7 Å². The van der Waals surface area contributed by atoms with Crippen LogP contribution in [-0.4, -0.2) is 66.9 Å². The number of β-amino-alcohol motifs (C(OH)–C–C–N with tert-alkyl or cyclic N) is 1. The van der Waals surface area contributed by atoms with Crippen molar-refractivity contribution in [3.8, 4) is 11.8 Å². The molecule has 1 saturated heterocycles. The lowest BCUT2D eigenvalue weighted by Crippen LogP contribution is -2.49. The fraction of sp³-hybridized carbons (Fsp3) is 0.650. The summed E-state index contributed by atoms with van der Waals surface area (Å²) in [6, 6.07) is 8.45. The molecule has 1 N–H and O–H groups in total. The average molecular weight is 345 g/mol. The van der Waals surface area contributed by atoms with E-state index in [-0.39, 0.29) is 5.41 Å². The lowest BCUT2D eigenvalue weighted by Gasteiger charge is -2.34. The minimum absolute atomic E-state index is 0.122. The lowest BCUT2D eigenvalue weighted by molar-refractivity contribution is 0.0482. The number of rotatable bonds is 6. The summed E-state index contributed by atoms with van der Waals surface area (Å²) < 4.78 is 5.84. The van der Waals surface area contributed by atoms with Crippen LogP contribution in [0.2, 0.25) is 0 Å². The van der Waals surface area contributed by atoms with E-state index in [1.54, 1.807) is 0 Å². The first-order valence-corrected chi connectivity index (χ1v) is 9.03. The number of nitrogens with zero attached hydrogens (tertiary/aromatic N) is 3. The smallest absolute Gasteiger partial charge is 0.122 e. The number of nitriles is 1. The Morgan fingerprint density at radius 3 is 2.40 bits per heavy atom. The zero-order valence-electron chi connectivity index (χ0n) is 16.0. The highest BCUT2D eigenvalue weighted by atomic mass is 16.5. The van der Waals surface area contributed by atoms with Crippen molar-refractivity contribution < 1.29 is 9.84 Å². The van der Waals surface area contributed by atoms with Crippen LogP contribution in [0.15, 0.2) is 18.2 Å². The SMILES string of the molecule is Cc1cc(C(C)(C)C)ccc1OCC(O)CN1CCN(CC#N)CC1. The van der Waals surface area contributed by atoms with Gasteiger partial charge in [0.1, 0.15) is 18.5 Å². The van der Waals surface area contributed by atoms with Gasteiger partial charge in [0.15, 0.2) is 0 Å². The summed E-state index contributed by atoms with van der Waals surface area (Å²) in [5.41, 5.74) is 2.51. The fourth-order valence-electron chi connectivity index (χ4n) is 3.04. The maximum absolute atomic E-state index is 10.3. The van der Waals surface area contributed by atoms with Gasteiger partial charge in [-0.05, 0) is 29.5 Å². The molecule has 0 bridgehead atoms. The Bertz CT molecular complexity index is 596. The van der Waals surface area contributed by atoms with Gasteiger partial charge in [-0.2, -0.15) is 5.26 Å². The van der Waals surface area contributed by atoms with Gasteiger partial charge in [-0.1, -0.05) is 32.9 Å². The van der Waals surface area contributed by atoms with Crippen molar-refractivity contribution in [3.63, 3.8) is 0 Å². The Labute approximate surface area is 151 Å². The third kappa shape index (κ3) is 6.00. The summed E-state index contributed by atoms with van der Waals surface area (Å²) in [5, 5.41) is 19.0. The molecule has 25 heavy (non-hydrogen) atoms. The van der Waals surface area contributed by atoms with Crippen molar-refractivity contribution in [1.82, 2.24) is 9.80 Å². The van der Waals surface area contributed by atoms with E-state index in [2.05, 4.69) is 48.8 Å². The summed E-state index contributed by atoms with van der Waals surface area (Å²) in [5.74, 6) is 0.839. The van der Waals surface area contributed by atoms with Gasteiger partial charge in [0.05, 0.1) is 12.6 Å². The van der Waals surface area contributed by atoms with Gasteiger partial charge in [-0.25, -0.2) is 0 Å². The number of aliphatic hydroxyl groups excluding tert-OH is 1. The molecule has 0 aromatic heterocycles. The third-order valence-corrected chi connectivity index (χ3v) is 4.70. The predicted molar refractivity (Wildman–Crippen MR) is 99.9 cm³/mol. The van der Waals surface area contributed by atoms with Gasteiger partial charge in [0, 0.05) is 32.7 Å². The number of hydrogen-bond donors (Lipinski definition) is 1. The number of aliphatic hydroxyl groups is 1. The topological polar surface area (TPSA) is 59.7 Å². The number of piperazine rings is 1. The number of ether oxygens (including phenoxy) is 1. The highest BCUT2D eigenvalue weighted by molar-refractivity contribution is 5.38. The standard InChI is InChI=1S/C20H31N3O2/c1-16-13-17(20(2,3)4)5-6-19(16)25-15-18(24)14-23-11-9-22(8-7-21)10-12-23/h5-6,13,18,24H,8-12,14-15H2,1-4H3. The molecule has 0 amide bonds. The first kappa shape index (κ1) is 19.7. The van der Waals surface area contributed by atoms with Gasteiger partial charge in [0.2, 0.25) is 0 Å². The second-order valence-electron chi connectivity index (χ2n) is 7.93. The molecule has 138 valence electrons. The van der Waals surface area contributed by atoms with Crippen LogP contribution in [0.4, 0.5) is 0 Å². The number of hydrogen-bond acceptors (Lipinski definition) is 5. The summed E-state index contributed by atoms with van der Waals surface area (Å²) in [7, 11) is 0. The number of aryl methyl sites for hydroxylation is 1. The molecule has 1 aliphatic heterocycles. The van der Waals surface area contributed by atoms with E-state index >= 15 is 0 Å². The Kier molecular flexibility index (Phi) is 6.83. The molecular formula is C20H31N3O2. The highest BCUT2D eigenvalue weighted by Crippen LogP contribution is 2.27. The zero-order chi connectivity index (χ0) is 18.4. The van der Waals surface area contributed by atoms with Crippen LogP contribution in [-0.2, 0) is 5.41 Å². The normalized spacial score (nSPS) is 17.9. The van der Waals surface area contributed by atoms with Crippen molar-refractivity contribution in [3.05, 3.63) is 29.3 Å². The number of benzene rings is 1. The summed E-state index contributed by atoms with van der Waals surface area (Å²) in [6.07, 6.45) is -0.510. The molecule has 0 radical (unpaired) electrons. The quantitative estimate of drug-likeness (QED) is 0.801. The second kappa shape index (κ2) is 8.66. The zero-order valence-corrected chi connectivity index (χ0v) is 16.0. The van der Waals surface area contributed by atoms with E-state index in [1.807, 2.05) is 13.0 Å². The minimum Gasteiger partial charge on any atom is -0.491 e. The van der Waals surface area contributed by atoms with Gasteiger partial charge in [-0.3, -0.25) is 9.80 Å². The molecule has 5 heteroatoms. The van der Waals surface area contributed by atoms with Crippen molar-refractivity contribution in [1.29, 1.82) is 5.26 Å². The third-order valence-electron chi connectivity index (χ3n) is 4.70. The highest BCUT2D eigenvalue weighted by Gasteiger charge is 2.20. The predicted octanol–water partition coefficient (Wildman–Crippen LogP) is 2.17. The maximum atomic E-state index is 10.3.